The second-order valence-electron chi connectivity index (χ2n) is 15.1. The van der Waals surface area contributed by atoms with Gasteiger partial charge in [0.15, 0.2) is 33.8 Å². The van der Waals surface area contributed by atoms with E-state index in [-0.39, 0.29) is 51.6 Å². The highest BCUT2D eigenvalue weighted by Crippen LogP contribution is 2.42. The van der Waals surface area contributed by atoms with E-state index in [1.54, 1.807) is 0 Å². The molecule has 1 saturated carbocycles. The van der Waals surface area contributed by atoms with Gasteiger partial charge < -0.3 is 33.3 Å². The van der Waals surface area contributed by atoms with Crippen LogP contribution < -0.4 is 24.6 Å². The lowest BCUT2D eigenvalue weighted by Crippen LogP contribution is -2.39. The Morgan fingerprint density at radius 1 is 1.23 bits per heavy atom. The molecule has 1 fully saturated rings. The predicted octanol–water partition coefficient (Wildman–Crippen LogP) is 3.75. The van der Waals surface area contributed by atoms with E-state index in [1.165, 1.54) is 53.0 Å². The van der Waals surface area contributed by atoms with E-state index in [1.807, 2.05) is 9.88 Å². The van der Waals surface area contributed by atoms with E-state index < -0.39 is 47.8 Å². The lowest BCUT2D eigenvalue weighted by molar-refractivity contribution is -0.193. The van der Waals surface area contributed by atoms with E-state index in [0.717, 1.165) is 37.9 Å². The number of hydrogen-bond acceptors (Lipinski definition) is 14. The van der Waals surface area contributed by atoms with Crippen molar-refractivity contribution in [3.05, 3.63) is 74.9 Å². The Labute approximate surface area is 363 Å². The number of carbonyl (C=O) groups excluding carboxylic acids is 2. The first kappa shape index (κ1) is 49.3. The zero-order valence-electron chi connectivity index (χ0n) is 34.0. The van der Waals surface area contributed by atoms with Gasteiger partial charge in [-0.2, -0.15) is 4.37 Å². The van der Waals surface area contributed by atoms with Crippen molar-refractivity contribution in [3.63, 3.8) is 0 Å². The van der Waals surface area contributed by atoms with E-state index in [4.69, 9.17) is 37.3 Å². The lowest BCUT2D eigenvalue weighted by Gasteiger charge is -2.28. The van der Waals surface area contributed by atoms with Crippen LogP contribution in [0.2, 0.25) is 5.02 Å². The highest BCUT2D eigenvalue weighted by Gasteiger charge is 2.34. The number of anilines is 1. The zero-order chi connectivity index (χ0) is 45.4. The Morgan fingerprint density at radius 3 is 2.49 bits per heavy atom. The molecule has 0 radical (unpaired) electrons. The number of terminal acetylenes is 1. The number of carboxylic acids is 1. The molecule has 3 aliphatic rings. The Bertz CT molecular complexity index is 2540. The van der Waals surface area contributed by atoms with Gasteiger partial charge >= 0.3 is 5.97 Å². The number of hydrogen-bond donors (Lipinski definition) is 3. The quantitative estimate of drug-likeness (QED) is 0.0888. The van der Waals surface area contributed by atoms with Crippen LogP contribution in [0.15, 0.2) is 50.9 Å². The average molecular weight is 943 g/mol. The number of amides is 1. The summed E-state index contributed by atoms with van der Waals surface area (Å²) in [4.78, 5) is 58.9. The number of nitrogens with one attached hydrogen (secondary N) is 1. The summed E-state index contributed by atoms with van der Waals surface area (Å²) in [5.41, 5.74) is 1.09. The smallest absolute Gasteiger partial charge is 0.317 e. The summed E-state index contributed by atoms with van der Waals surface area (Å²) in [5.74, 6) is 2.09. The molecule has 0 spiro atoms. The SMILES string of the molecule is C#CCN1C(=O)COc2cc(F)c(N=c3snc4n3CC(C)(C)C4)cc21.CS(=O)(=O)c1cc(Cl)ccc1C(=O)c1cnoc1C1CC1.C[S+](C)C.O=C(O)CNCP(=O)([O-])O. The molecule has 1 unspecified atom stereocenters. The third-order valence-electron chi connectivity index (χ3n) is 8.40. The minimum Gasteiger partial charge on any atom is -0.778 e. The van der Waals surface area contributed by atoms with Gasteiger partial charge in [0.25, 0.3) is 5.91 Å². The average Bonchev–Trinajstić information content (AvgIpc) is 3.63. The van der Waals surface area contributed by atoms with Gasteiger partial charge in [0.05, 0.1) is 60.5 Å². The number of benzene rings is 2. The molecular formula is C38H45ClFN6O11PS3. The highest BCUT2D eigenvalue weighted by atomic mass is 35.5. The Balaban J connectivity index is 0.000000209. The molecule has 1 amide bonds. The summed E-state index contributed by atoms with van der Waals surface area (Å²) < 4.78 is 65.1. The number of carbonyl (C=O) groups is 3. The number of nitrogens with zero attached hydrogens (tertiary/aromatic N) is 5. The topological polar surface area (TPSA) is 247 Å². The van der Waals surface area contributed by atoms with Gasteiger partial charge in [-0.15, -0.1) is 6.42 Å². The Hall–Kier alpha value is -4.39. The number of halogens is 2. The number of aromatic nitrogens is 3. The fraction of sp³-hybridized carbons (Fsp3) is 0.421. The van der Waals surface area contributed by atoms with Gasteiger partial charge in [-0.1, -0.05) is 36.5 Å². The van der Waals surface area contributed by atoms with Gasteiger partial charge in [-0.25, -0.2) is 17.8 Å². The summed E-state index contributed by atoms with van der Waals surface area (Å²) in [6, 6.07) is 6.96. The van der Waals surface area contributed by atoms with Crippen molar-refractivity contribution in [2.75, 3.05) is 55.9 Å². The van der Waals surface area contributed by atoms with E-state index in [0.29, 0.717) is 38.5 Å². The molecule has 3 N–H and O–H groups in total. The summed E-state index contributed by atoms with van der Waals surface area (Å²) in [7, 11) is -7.27. The zero-order valence-corrected chi connectivity index (χ0v) is 38.1. The van der Waals surface area contributed by atoms with Gasteiger partial charge in [-0.05, 0) is 53.4 Å². The van der Waals surface area contributed by atoms with Crippen LogP contribution in [0, 0.1) is 23.6 Å². The number of ether oxygens (including phenoxy) is 1. The van der Waals surface area contributed by atoms with Crippen LogP contribution in [-0.2, 0) is 47.9 Å². The van der Waals surface area contributed by atoms with Crippen molar-refractivity contribution in [1.29, 1.82) is 0 Å². The molecule has 0 bridgehead atoms. The maximum absolute atomic E-state index is 14.5. The lowest BCUT2D eigenvalue weighted by atomic mass is 9.92. The number of fused-ring (bicyclic) bond motifs is 2. The van der Waals surface area contributed by atoms with Gasteiger partial charge in [-0.3, -0.25) is 24.6 Å². The molecule has 61 heavy (non-hydrogen) atoms. The molecule has 1 atom stereocenters. The second kappa shape index (κ2) is 20.7. The molecule has 17 nitrogen and oxygen atoms in total. The van der Waals surface area contributed by atoms with Crippen LogP contribution >= 0.6 is 30.7 Å². The molecule has 23 heteroatoms. The number of carboxylic acid groups (broad SMARTS) is 1. The van der Waals surface area contributed by atoms with Crippen molar-refractivity contribution in [2.24, 2.45) is 10.4 Å². The molecule has 330 valence electrons. The van der Waals surface area contributed by atoms with Crippen molar-refractivity contribution >= 4 is 80.5 Å². The van der Waals surface area contributed by atoms with Crippen molar-refractivity contribution in [2.45, 2.75) is 50.5 Å². The first-order valence-corrected chi connectivity index (χ1v) is 25.4. The minimum absolute atomic E-state index is 0.0806. The fourth-order valence-corrected chi connectivity index (χ4v) is 8.04. The largest absolute Gasteiger partial charge is 0.778 e. The third-order valence-corrected chi connectivity index (χ3v) is 11.2. The van der Waals surface area contributed by atoms with Gasteiger partial charge in [0.2, 0.25) is 4.80 Å². The molecule has 0 saturated heterocycles. The maximum Gasteiger partial charge on any atom is 0.317 e. The molecule has 7 rings (SSSR count). The van der Waals surface area contributed by atoms with Gasteiger partial charge in [0, 0.05) is 53.3 Å². The molecular weight excluding hydrogens is 898 g/mol. The molecule has 2 aliphatic heterocycles. The van der Waals surface area contributed by atoms with Crippen LogP contribution in [0.3, 0.4) is 0 Å². The fourth-order valence-electron chi connectivity index (χ4n) is 5.74. The first-order valence-electron chi connectivity index (χ1n) is 18.1. The van der Waals surface area contributed by atoms with Crippen LogP contribution in [0.4, 0.5) is 15.8 Å². The molecule has 2 aromatic carbocycles. The summed E-state index contributed by atoms with van der Waals surface area (Å²) >= 11 is 7.08. The minimum atomic E-state index is -4.35. The van der Waals surface area contributed by atoms with Crippen LogP contribution in [-0.4, -0.2) is 101 Å². The van der Waals surface area contributed by atoms with E-state index in [9.17, 15) is 36.7 Å². The Kier molecular flexibility index (Phi) is 16.7. The van der Waals surface area contributed by atoms with Crippen molar-refractivity contribution in [1.82, 2.24) is 19.4 Å². The monoisotopic (exact) mass is 942 g/mol. The second-order valence-corrected chi connectivity index (χ2v) is 22.3. The van der Waals surface area contributed by atoms with Crippen LogP contribution in [0.1, 0.15) is 60.1 Å². The molecule has 2 aromatic heterocycles. The Morgan fingerprint density at radius 2 is 1.90 bits per heavy atom. The summed E-state index contributed by atoms with van der Waals surface area (Å²) in [5, 5.41) is 13.9. The van der Waals surface area contributed by atoms with Gasteiger partial charge in [0.1, 0.15) is 24.9 Å². The number of ketones is 1. The van der Waals surface area contributed by atoms with Crippen molar-refractivity contribution in [3.8, 4) is 18.1 Å². The van der Waals surface area contributed by atoms with E-state index in [2.05, 4.69) is 53.1 Å². The summed E-state index contributed by atoms with van der Waals surface area (Å²) in [6.07, 6.45) is 16.4. The highest BCUT2D eigenvalue weighted by molar-refractivity contribution is 7.94. The van der Waals surface area contributed by atoms with Crippen LogP contribution in [0.25, 0.3) is 0 Å². The predicted molar refractivity (Wildman–Crippen MR) is 228 cm³/mol. The normalized spacial score (nSPS) is 16.3. The molecule has 4 aromatic rings. The molecule has 4 heterocycles. The number of rotatable bonds is 10. The number of aliphatic carboxylic acids is 1. The first-order chi connectivity index (χ1) is 28.4. The van der Waals surface area contributed by atoms with Crippen LogP contribution in [0.5, 0.6) is 5.75 Å². The summed E-state index contributed by atoms with van der Waals surface area (Å²) in [6.45, 7) is 4.57. The maximum atomic E-state index is 14.5. The van der Waals surface area contributed by atoms with E-state index >= 15 is 0 Å². The standard InChI is InChI=1S/C18H17FN4O2S.C14H12ClNO4S.C3H8NO5P.C3H9S/c1-4-5-22-13-7-12(11(19)6-14(13)25-9-16(22)24)20-17-23-10-18(2,3)8-15(23)21-26-17;1-21(18,19)12-6-9(15)4-5-10(12)13(17)11-7-16-20-14(11)8-2-3-8;5-3(6)1-4-2-10(7,8)9;1-4(2)3/h1,6-7H,5,8-10H2,2-3H3;4-8H,2-3H2,1H3;4H,1-2H2,(H,5,6)(H2,7,8,9);1-3H3/q;;;+1/p-1. The third kappa shape index (κ3) is 14.3. The molecule has 1 aliphatic carbocycles. The number of sulfone groups is 1. The van der Waals surface area contributed by atoms with Crippen molar-refractivity contribution < 1.29 is 55.9 Å².